The predicted octanol–water partition coefficient (Wildman–Crippen LogP) is 3.23. The Morgan fingerprint density at radius 1 is 1.22 bits per heavy atom. The van der Waals surface area contributed by atoms with Crippen LogP contribution in [0, 0.1) is 12.8 Å². The second kappa shape index (κ2) is 7.55. The molecule has 1 atom stereocenters. The number of nitrogens with zero attached hydrogens (tertiary/aromatic N) is 1. The number of hydrogen-bond acceptors (Lipinski definition) is 2. The third-order valence-electron chi connectivity index (χ3n) is 3.30. The van der Waals surface area contributed by atoms with Crippen LogP contribution in [0.25, 0.3) is 0 Å². The average molecular weight is 248 g/mol. The molecule has 1 unspecified atom stereocenters. The fourth-order valence-electron chi connectivity index (χ4n) is 2.36. The first kappa shape index (κ1) is 15.2. The van der Waals surface area contributed by atoms with Gasteiger partial charge in [-0.2, -0.15) is 0 Å². The van der Waals surface area contributed by atoms with Crippen LogP contribution in [-0.4, -0.2) is 31.6 Å². The van der Waals surface area contributed by atoms with Crippen molar-refractivity contribution in [2.75, 3.05) is 26.7 Å². The number of aryl methyl sites for hydroxylation is 1. The van der Waals surface area contributed by atoms with Crippen molar-refractivity contribution in [1.82, 2.24) is 10.2 Å². The van der Waals surface area contributed by atoms with Crippen LogP contribution in [-0.2, 0) is 0 Å². The smallest absolute Gasteiger partial charge is 0.0446 e. The normalized spacial score (nSPS) is 13.3. The molecule has 0 bridgehead atoms. The molecule has 1 rings (SSSR count). The maximum atomic E-state index is 3.44. The van der Waals surface area contributed by atoms with Crippen molar-refractivity contribution in [3.8, 4) is 0 Å². The molecule has 0 spiro atoms. The van der Waals surface area contributed by atoms with E-state index in [9.17, 15) is 0 Å². The minimum atomic E-state index is 0.420. The Bertz CT molecular complexity index is 347. The highest BCUT2D eigenvalue weighted by molar-refractivity contribution is 5.25. The molecule has 0 saturated heterocycles. The number of nitrogens with one attached hydrogen (secondary N) is 1. The number of rotatable bonds is 7. The summed E-state index contributed by atoms with van der Waals surface area (Å²) in [5, 5.41) is 3.44. The third kappa shape index (κ3) is 4.79. The molecule has 0 aromatic heterocycles. The van der Waals surface area contributed by atoms with Gasteiger partial charge in [0.1, 0.15) is 0 Å². The van der Waals surface area contributed by atoms with Gasteiger partial charge in [0.2, 0.25) is 0 Å². The van der Waals surface area contributed by atoms with Gasteiger partial charge in [0.05, 0.1) is 0 Å². The second-order valence-electron chi connectivity index (χ2n) is 5.50. The lowest BCUT2D eigenvalue weighted by Gasteiger charge is -2.28. The van der Waals surface area contributed by atoms with Crippen LogP contribution in [0.1, 0.15) is 37.9 Å². The van der Waals surface area contributed by atoms with Crippen molar-refractivity contribution >= 4 is 0 Å². The van der Waals surface area contributed by atoms with E-state index in [1.165, 1.54) is 17.7 Å². The van der Waals surface area contributed by atoms with Crippen molar-refractivity contribution in [3.63, 3.8) is 0 Å². The van der Waals surface area contributed by atoms with Gasteiger partial charge in [-0.3, -0.25) is 0 Å². The summed E-state index contributed by atoms with van der Waals surface area (Å²) in [7, 11) is 2.05. The predicted molar refractivity (Wildman–Crippen MR) is 79.9 cm³/mol. The highest BCUT2D eigenvalue weighted by Crippen LogP contribution is 2.16. The van der Waals surface area contributed by atoms with Gasteiger partial charge in [-0.05, 0) is 32.0 Å². The zero-order chi connectivity index (χ0) is 13.5. The monoisotopic (exact) mass is 248 g/mol. The molecule has 0 heterocycles. The first-order chi connectivity index (χ1) is 8.56. The molecule has 0 radical (unpaired) electrons. The maximum Gasteiger partial charge on any atom is 0.0446 e. The number of hydrogen-bond donors (Lipinski definition) is 1. The van der Waals surface area contributed by atoms with Gasteiger partial charge in [-0.15, -0.1) is 0 Å². The summed E-state index contributed by atoms with van der Waals surface area (Å²) in [6, 6.07) is 9.22. The molecule has 102 valence electrons. The van der Waals surface area contributed by atoms with E-state index in [1.807, 2.05) is 0 Å². The largest absolute Gasteiger partial charge is 0.312 e. The molecule has 0 aliphatic carbocycles. The van der Waals surface area contributed by atoms with Gasteiger partial charge >= 0.3 is 0 Å². The Morgan fingerprint density at radius 2 is 1.94 bits per heavy atom. The van der Waals surface area contributed by atoms with Gasteiger partial charge in [-0.1, -0.05) is 50.6 Å². The summed E-state index contributed by atoms with van der Waals surface area (Å²) in [4.78, 5) is 2.52. The van der Waals surface area contributed by atoms with Crippen molar-refractivity contribution < 1.29 is 0 Å². The molecule has 0 amide bonds. The maximum absolute atomic E-state index is 3.44. The minimum absolute atomic E-state index is 0.420. The fraction of sp³-hybridized carbons (Fsp3) is 0.625. The summed E-state index contributed by atoms with van der Waals surface area (Å²) in [5.74, 6) is 0.722. The van der Waals surface area contributed by atoms with Crippen LogP contribution in [0.5, 0.6) is 0 Å². The molecule has 1 aromatic carbocycles. The molecule has 0 fully saturated rings. The van der Waals surface area contributed by atoms with Crippen molar-refractivity contribution in [2.24, 2.45) is 5.92 Å². The zero-order valence-electron chi connectivity index (χ0n) is 12.5. The van der Waals surface area contributed by atoms with Crippen LogP contribution in [0.15, 0.2) is 24.3 Å². The highest BCUT2D eigenvalue weighted by atomic mass is 15.1. The molecule has 2 nitrogen and oxygen atoms in total. The lowest BCUT2D eigenvalue weighted by molar-refractivity contribution is 0.232. The van der Waals surface area contributed by atoms with Gasteiger partial charge in [0.25, 0.3) is 0 Å². The molecule has 2 heteroatoms. The Morgan fingerprint density at radius 3 is 2.44 bits per heavy atom. The first-order valence-electron chi connectivity index (χ1n) is 7.03. The zero-order valence-corrected chi connectivity index (χ0v) is 12.5. The van der Waals surface area contributed by atoms with Crippen LogP contribution in [0.2, 0.25) is 0 Å². The molecule has 18 heavy (non-hydrogen) atoms. The van der Waals surface area contributed by atoms with E-state index in [4.69, 9.17) is 0 Å². The number of likely N-dealkylation sites (N-methyl/N-ethyl adjacent to an activating group) is 2. The Labute approximate surface area is 112 Å². The average Bonchev–Trinajstić information content (AvgIpc) is 2.33. The van der Waals surface area contributed by atoms with E-state index in [0.29, 0.717) is 6.04 Å². The standard InChI is InChI=1S/C16H28N2/c1-6-18(11-13(2)3)12-16(17-5)15-9-7-8-14(4)10-15/h7-10,13,16-17H,6,11-12H2,1-5H3. The van der Waals surface area contributed by atoms with Crippen molar-refractivity contribution in [2.45, 2.75) is 33.7 Å². The van der Waals surface area contributed by atoms with Crippen LogP contribution >= 0.6 is 0 Å². The van der Waals surface area contributed by atoms with Crippen molar-refractivity contribution in [3.05, 3.63) is 35.4 Å². The highest BCUT2D eigenvalue weighted by Gasteiger charge is 2.14. The SMILES string of the molecule is CCN(CC(C)C)CC(NC)c1cccc(C)c1. The van der Waals surface area contributed by atoms with Gasteiger partial charge in [0, 0.05) is 19.1 Å². The summed E-state index contributed by atoms with van der Waals surface area (Å²) in [5.41, 5.74) is 2.72. The van der Waals surface area contributed by atoms with Crippen molar-refractivity contribution in [1.29, 1.82) is 0 Å². The lowest BCUT2D eigenvalue weighted by Crippen LogP contribution is -2.36. The summed E-state index contributed by atoms with van der Waals surface area (Å²) in [6.45, 7) is 12.3. The van der Waals surface area contributed by atoms with E-state index in [1.54, 1.807) is 0 Å². The molecule has 0 aliphatic rings. The van der Waals surface area contributed by atoms with Crippen LogP contribution in [0.4, 0.5) is 0 Å². The topological polar surface area (TPSA) is 15.3 Å². The molecule has 0 aliphatic heterocycles. The summed E-state index contributed by atoms with van der Waals surface area (Å²) in [6.07, 6.45) is 0. The minimum Gasteiger partial charge on any atom is -0.312 e. The molecule has 1 aromatic rings. The van der Waals surface area contributed by atoms with Crippen LogP contribution < -0.4 is 5.32 Å². The Kier molecular flexibility index (Phi) is 6.37. The second-order valence-corrected chi connectivity index (χ2v) is 5.50. The van der Waals surface area contributed by atoms with E-state index in [-0.39, 0.29) is 0 Å². The molecule has 1 N–H and O–H groups in total. The van der Waals surface area contributed by atoms with E-state index in [2.05, 4.69) is 69.2 Å². The summed E-state index contributed by atoms with van der Waals surface area (Å²) < 4.78 is 0. The van der Waals surface area contributed by atoms with Gasteiger partial charge < -0.3 is 10.2 Å². The Balaban J connectivity index is 2.71. The van der Waals surface area contributed by atoms with Crippen LogP contribution in [0.3, 0.4) is 0 Å². The first-order valence-corrected chi connectivity index (χ1v) is 7.03. The third-order valence-corrected chi connectivity index (χ3v) is 3.30. The van der Waals surface area contributed by atoms with Gasteiger partial charge in [-0.25, -0.2) is 0 Å². The molecular formula is C16H28N2. The fourth-order valence-corrected chi connectivity index (χ4v) is 2.36. The van der Waals surface area contributed by atoms with E-state index < -0.39 is 0 Å². The lowest BCUT2D eigenvalue weighted by atomic mass is 10.0. The molecule has 0 saturated carbocycles. The summed E-state index contributed by atoms with van der Waals surface area (Å²) >= 11 is 0. The molecular weight excluding hydrogens is 220 g/mol. The Hall–Kier alpha value is -0.860. The van der Waals surface area contributed by atoms with E-state index >= 15 is 0 Å². The van der Waals surface area contributed by atoms with Gasteiger partial charge in [0.15, 0.2) is 0 Å². The van der Waals surface area contributed by atoms with E-state index in [0.717, 1.165) is 19.0 Å². The quantitative estimate of drug-likeness (QED) is 0.797. The number of benzene rings is 1.